The van der Waals surface area contributed by atoms with Gasteiger partial charge in [0.25, 0.3) is 5.91 Å². The third kappa shape index (κ3) is 6.21. The Morgan fingerprint density at radius 3 is 2.21 bits per heavy atom. The Bertz CT molecular complexity index is 1090. The largest absolute Gasteiger partial charge is 0.339 e. The Morgan fingerprint density at radius 2 is 1.65 bits per heavy atom. The lowest BCUT2D eigenvalue weighted by Gasteiger charge is -2.31. The van der Waals surface area contributed by atoms with Crippen molar-refractivity contribution in [2.24, 2.45) is 5.92 Å². The molecular weight excluding hydrogens is 457 g/mol. The first-order valence-electron chi connectivity index (χ1n) is 11.7. The van der Waals surface area contributed by atoms with Crippen LogP contribution < -0.4 is 5.32 Å². The van der Waals surface area contributed by atoms with Crippen LogP contribution in [0.3, 0.4) is 0 Å². The Hall–Kier alpha value is -2.78. The summed E-state index contributed by atoms with van der Waals surface area (Å²) in [5.41, 5.74) is 0.828. The molecule has 1 aliphatic rings. The molecule has 1 saturated heterocycles. The fourth-order valence-electron chi connectivity index (χ4n) is 4.10. The standard InChI is InChI=1S/C25H32FN3O4S/c1-3-14-29(15-4-2)34(32,33)23-10-8-22(9-11-23)27-24(30)19-12-16-28(17-13-19)25(31)20-6-5-7-21(26)18-20/h5-11,18-19H,3-4,12-17H2,1-2H3,(H,27,30). The molecule has 2 aromatic rings. The minimum atomic E-state index is -3.57. The zero-order valence-electron chi connectivity index (χ0n) is 19.7. The summed E-state index contributed by atoms with van der Waals surface area (Å²) in [5, 5.41) is 2.85. The van der Waals surface area contributed by atoms with Crippen LogP contribution in [-0.2, 0) is 14.8 Å². The van der Waals surface area contributed by atoms with Crippen LogP contribution in [0.2, 0.25) is 0 Å². The minimum Gasteiger partial charge on any atom is -0.339 e. The van der Waals surface area contributed by atoms with E-state index in [1.807, 2.05) is 13.8 Å². The summed E-state index contributed by atoms with van der Waals surface area (Å²) in [7, 11) is -3.57. The van der Waals surface area contributed by atoms with E-state index in [0.29, 0.717) is 50.3 Å². The van der Waals surface area contributed by atoms with E-state index in [-0.39, 0.29) is 22.6 Å². The molecule has 1 N–H and O–H groups in total. The van der Waals surface area contributed by atoms with Gasteiger partial charge in [-0.05, 0) is 68.1 Å². The van der Waals surface area contributed by atoms with Crippen molar-refractivity contribution >= 4 is 27.5 Å². The number of hydrogen-bond donors (Lipinski definition) is 1. The number of carbonyl (C=O) groups is 2. The Morgan fingerprint density at radius 1 is 1.03 bits per heavy atom. The van der Waals surface area contributed by atoms with Gasteiger partial charge in [-0.3, -0.25) is 9.59 Å². The molecule has 184 valence electrons. The van der Waals surface area contributed by atoms with Crippen LogP contribution in [0.15, 0.2) is 53.4 Å². The average molecular weight is 490 g/mol. The predicted octanol–water partition coefficient (Wildman–Crippen LogP) is 4.13. The van der Waals surface area contributed by atoms with Gasteiger partial charge in [0, 0.05) is 43.3 Å². The molecule has 0 spiro atoms. The van der Waals surface area contributed by atoms with Gasteiger partial charge in [-0.15, -0.1) is 0 Å². The van der Waals surface area contributed by atoms with Gasteiger partial charge < -0.3 is 10.2 Å². The molecule has 0 saturated carbocycles. The number of carbonyl (C=O) groups excluding carboxylic acids is 2. The number of rotatable bonds is 9. The number of hydrogen-bond acceptors (Lipinski definition) is 4. The number of benzene rings is 2. The first kappa shape index (κ1) is 25.8. The van der Waals surface area contributed by atoms with E-state index in [9.17, 15) is 22.4 Å². The third-order valence-corrected chi connectivity index (χ3v) is 7.84. The van der Waals surface area contributed by atoms with Gasteiger partial charge in [0.2, 0.25) is 15.9 Å². The summed E-state index contributed by atoms with van der Waals surface area (Å²) in [4.78, 5) is 27.1. The number of halogens is 1. The lowest BCUT2D eigenvalue weighted by molar-refractivity contribution is -0.121. The molecule has 0 radical (unpaired) electrons. The number of anilines is 1. The number of piperidine rings is 1. The molecule has 2 amide bonds. The lowest BCUT2D eigenvalue weighted by atomic mass is 9.95. The van der Waals surface area contributed by atoms with Gasteiger partial charge in [0.15, 0.2) is 0 Å². The Kier molecular flexibility index (Phi) is 8.79. The summed E-state index contributed by atoms with van der Waals surface area (Å²) in [6.45, 7) is 5.64. The van der Waals surface area contributed by atoms with E-state index >= 15 is 0 Å². The van der Waals surface area contributed by atoms with E-state index in [1.165, 1.54) is 34.6 Å². The van der Waals surface area contributed by atoms with Crippen LogP contribution in [0.25, 0.3) is 0 Å². The van der Waals surface area contributed by atoms with E-state index in [0.717, 1.165) is 12.8 Å². The van der Waals surface area contributed by atoms with Gasteiger partial charge in [-0.1, -0.05) is 19.9 Å². The van der Waals surface area contributed by atoms with Crippen molar-refractivity contribution in [2.75, 3.05) is 31.5 Å². The molecule has 7 nitrogen and oxygen atoms in total. The number of sulfonamides is 1. The predicted molar refractivity (Wildman–Crippen MR) is 129 cm³/mol. The minimum absolute atomic E-state index is 0.160. The maximum atomic E-state index is 13.4. The molecule has 0 aromatic heterocycles. The molecule has 1 heterocycles. The van der Waals surface area contributed by atoms with Crippen molar-refractivity contribution in [3.05, 3.63) is 59.9 Å². The van der Waals surface area contributed by atoms with Crippen molar-refractivity contribution in [2.45, 2.75) is 44.4 Å². The monoisotopic (exact) mass is 489 g/mol. The van der Waals surface area contributed by atoms with Crippen molar-refractivity contribution in [1.29, 1.82) is 0 Å². The highest BCUT2D eigenvalue weighted by Crippen LogP contribution is 2.23. The summed E-state index contributed by atoms with van der Waals surface area (Å²) in [6, 6.07) is 11.8. The van der Waals surface area contributed by atoms with Crippen molar-refractivity contribution in [1.82, 2.24) is 9.21 Å². The second kappa shape index (κ2) is 11.6. The van der Waals surface area contributed by atoms with Gasteiger partial charge in [0.05, 0.1) is 4.90 Å². The van der Waals surface area contributed by atoms with Crippen molar-refractivity contribution < 1.29 is 22.4 Å². The molecule has 1 aliphatic heterocycles. The van der Waals surface area contributed by atoms with Crippen molar-refractivity contribution in [3.8, 4) is 0 Å². The van der Waals surface area contributed by atoms with Gasteiger partial charge >= 0.3 is 0 Å². The number of likely N-dealkylation sites (tertiary alicyclic amines) is 1. The van der Waals surface area contributed by atoms with Crippen LogP contribution in [0.1, 0.15) is 49.9 Å². The third-order valence-electron chi connectivity index (χ3n) is 5.93. The second-order valence-electron chi connectivity index (χ2n) is 8.49. The van der Waals surface area contributed by atoms with Crippen LogP contribution in [-0.4, -0.2) is 55.6 Å². The SMILES string of the molecule is CCCN(CCC)S(=O)(=O)c1ccc(NC(=O)C2CCN(C(=O)c3cccc(F)c3)CC2)cc1. The molecular formula is C25H32FN3O4S. The van der Waals surface area contributed by atoms with Gasteiger partial charge in [0.1, 0.15) is 5.82 Å². The zero-order chi connectivity index (χ0) is 24.7. The second-order valence-corrected chi connectivity index (χ2v) is 10.4. The highest BCUT2D eigenvalue weighted by Gasteiger charge is 2.28. The Labute approximate surface area is 201 Å². The molecule has 34 heavy (non-hydrogen) atoms. The van der Waals surface area contributed by atoms with E-state index in [2.05, 4.69) is 5.32 Å². The van der Waals surface area contributed by atoms with E-state index in [1.54, 1.807) is 23.1 Å². The molecule has 9 heteroatoms. The smallest absolute Gasteiger partial charge is 0.253 e. The van der Waals surface area contributed by atoms with E-state index < -0.39 is 15.8 Å². The highest BCUT2D eigenvalue weighted by molar-refractivity contribution is 7.89. The number of nitrogens with one attached hydrogen (secondary N) is 1. The fourth-order valence-corrected chi connectivity index (χ4v) is 5.73. The van der Waals surface area contributed by atoms with Gasteiger partial charge in [-0.25, -0.2) is 12.8 Å². The first-order chi connectivity index (χ1) is 16.3. The molecule has 2 aromatic carbocycles. The molecule has 3 rings (SSSR count). The topological polar surface area (TPSA) is 86.8 Å². The number of nitrogens with zero attached hydrogens (tertiary/aromatic N) is 2. The molecule has 0 bridgehead atoms. The van der Waals surface area contributed by atoms with Crippen molar-refractivity contribution in [3.63, 3.8) is 0 Å². The first-order valence-corrected chi connectivity index (χ1v) is 13.2. The van der Waals surface area contributed by atoms with Crippen LogP contribution in [0, 0.1) is 11.7 Å². The summed E-state index contributed by atoms with van der Waals surface area (Å²) >= 11 is 0. The average Bonchev–Trinajstić information content (AvgIpc) is 2.84. The number of amides is 2. The molecule has 0 atom stereocenters. The summed E-state index contributed by atoms with van der Waals surface area (Å²) in [5.74, 6) is -1.12. The van der Waals surface area contributed by atoms with Crippen LogP contribution in [0.4, 0.5) is 10.1 Å². The highest BCUT2D eigenvalue weighted by atomic mass is 32.2. The Balaban J connectivity index is 1.57. The van der Waals surface area contributed by atoms with Gasteiger partial charge in [-0.2, -0.15) is 4.31 Å². The summed E-state index contributed by atoms with van der Waals surface area (Å²) in [6.07, 6.45) is 2.48. The van der Waals surface area contributed by atoms with E-state index in [4.69, 9.17) is 0 Å². The molecule has 0 aliphatic carbocycles. The molecule has 0 unspecified atom stereocenters. The summed E-state index contributed by atoms with van der Waals surface area (Å²) < 4.78 is 40.7. The quantitative estimate of drug-likeness (QED) is 0.574. The normalized spacial score (nSPS) is 14.9. The maximum absolute atomic E-state index is 13.4. The molecule has 1 fully saturated rings. The fraction of sp³-hybridized carbons (Fsp3) is 0.440. The maximum Gasteiger partial charge on any atom is 0.253 e. The van der Waals surface area contributed by atoms with Crippen LogP contribution >= 0.6 is 0 Å². The lowest BCUT2D eigenvalue weighted by Crippen LogP contribution is -2.41. The van der Waals surface area contributed by atoms with Crippen LogP contribution in [0.5, 0.6) is 0 Å². The zero-order valence-corrected chi connectivity index (χ0v) is 20.5.